The summed E-state index contributed by atoms with van der Waals surface area (Å²) in [5.41, 5.74) is 5.64. The maximum atomic E-state index is 12.6. The fourth-order valence-corrected chi connectivity index (χ4v) is 9.84. The van der Waals surface area contributed by atoms with Crippen LogP contribution in [-0.2, 0) is 53.3 Å². The van der Waals surface area contributed by atoms with Crippen LogP contribution in [0, 0.1) is 23.7 Å². The summed E-state index contributed by atoms with van der Waals surface area (Å²) < 4.78 is 50.6. The molecule has 15 heteroatoms. The number of anilines is 2. The van der Waals surface area contributed by atoms with Gasteiger partial charge in [-0.25, -0.2) is 16.8 Å². The van der Waals surface area contributed by atoms with Gasteiger partial charge in [-0.3, -0.25) is 29.0 Å². The molecule has 0 radical (unpaired) electrons. The number of carboxylic acid groups (broad SMARTS) is 1. The van der Waals surface area contributed by atoms with Crippen molar-refractivity contribution in [3.8, 4) is 0 Å². The Morgan fingerprint density at radius 3 is 1.58 bits per heavy atom. The van der Waals surface area contributed by atoms with Crippen molar-refractivity contribution >= 4 is 43.3 Å². The van der Waals surface area contributed by atoms with E-state index in [1.807, 2.05) is 65.6 Å². The molecule has 2 aromatic carbocycles. The number of carbonyl (C=O) groups excluding carboxylic acids is 1. The number of aryl methyl sites for hydroxylation is 2. The fourth-order valence-electron chi connectivity index (χ4n) is 8.73. The van der Waals surface area contributed by atoms with E-state index in [2.05, 4.69) is 50.7 Å². The van der Waals surface area contributed by atoms with Gasteiger partial charge >= 0.3 is 5.97 Å². The standard InChI is InChI=1S/C21H25N3O3S.C13H18N2O2S.C8H9NO2/c1-21(15-6-5-8-17(12-15)23-28(2,26)27)18-13-24(14-19(18)21)20(25)10-9-16-7-3-4-11-22-16;1-13(11-7-14-8-12(11)13)9-4-3-5-10(6-9)15-18(2,16)17;10-8(11)5-4-7-3-1-2-6-9-7/h3-8,11-12,18-19,23H,9-10,13-14H2,1-2H3;3-6,11-12,14-15H,7-8H2,1-2H3;1-3,6H,4-5H2,(H,10,11). The van der Waals surface area contributed by atoms with Gasteiger partial charge in [-0.2, -0.15) is 0 Å². The minimum atomic E-state index is -3.29. The van der Waals surface area contributed by atoms with E-state index in [9.17, 15) is 26.4 Å². The Kier molecular flexibility index (Phi) is 12.4. The highest BCUT2D eigenvalue weighted by Crippen LogP contribution is 2.63. The van der Waals surface area contributed by atoms with Crippen LogP contribution in [0.25, 0.3) is 0 Å². The van der Waals surface area contributed by atoms with Gasteiger partial charge in [-0.15, -0.1) is 0 Å². The maximum Gasteiger partial charge on any atom is 0.303 e. The Balaban J connectivity index is 0.000000161. The van der Waals surface area contributed by atoms with Crippen molar-refractivity contribution in [3.05, 3.63) is 120 Å². The van der Waals surface area contributed by atoms with Gasteiger partial charge in [0.15, 0.2) is 0 Å². The number of carbonyl (C=O) groups is 2. The average molecular weight is 817 g/mol. The second kappa shape index (κ2) is 16.9. The highest BCUT2D eigenvalue weighted by atomic mass is 32.2. The van der Waals surface area contributed by atoms with E-state index in [1.165, 1.54) is 11.8 Å². The van der Waals surface area contributed by atoms with Gasteiger partial charge in [-0.05, 0) is 103 Å². The number of fused-ring (bicyclic) bond motifs is 2. The quantitative estimate of drug-likeness (QED) is 0.156. The molecule has 8 rings (SSSR count). The summed E-state index contributed by atoms with van der Waals surface area (Å²) in [4.78, 5) is 32.9. The van der Waals surface area contributed by atoms with Crippen molar-refractivity contribution in [2.45, 2.75) is 50.4 Å². The predicted molar refractivity (Wildman–Crippen MR) is 221 cm³/mol. The zero-order chi connectivity index (χ0) is 41.0. The molecule has 4 unspecified atom stereocenters. The third-order valence-corrected chi connectivity index (χ3v) is 13.2. The summed E-state index contributed by atoms with van der Waals surface area (Å²) in [5.74, 6) is 1.67. The van der Waals surface area contributed by atoms with Crippen LogP contribution >= 0.6 is 0 Å². The Bertz CT molecular complexity index is 2250. The van der Waals surface area contributed by atoms with Gasteiger partial charge in [0.2, 0.25) is 26.0 Å². The molecule has 1 amide bonds. The molecular formula is C42H52N6O7S2. The molecule has 304 valence electrons. The molecule has 4 aromatic rings. The molecule has 0 spiro atoms. The number of carboxylic acids is 1. The second-order valence-corrected chi connectivity index (χ2v) is 19.4. The van der Waals surface area contributed by atoms with Crippen LogP contribution in [0.3, 0.4) is 0 Å². The number of aromatic nitrogens is 2. The van der Waals surface area contributed by atoms with E-state index in [1.54, 1.807) is 24.5 Å². The Hall–Kier alpha value is -4.86. The number of hydrogen-bond acceptors (Lipinski definition) is 9. The van der Waals surface area contributed by atoms with Crippen LogP contribution in [0.4, 0.5) is 11.4 Å². The number of nitrogens with zero attached hydrogens (tertiary/aromatic N) is 3. The van der Waals surface area contributed by atoms with Crippen molar-refractivity contribution in [1.29, 1.82) is 0 Å². The van der Waals surface area contributed by atoms with Crippen molar-refractivity contribution in [1.82, 2.24) is 20.2 Å². The smallest absolute Gasteiger partial charge is 0.303 e. The van der Waals surface area contributed by atoms with Crippen LogP contribution in [0.2, 0.25) is 0 Å². The lowest BCUT2D eigenvalue weighted by Crippen LogP contribution is -2.34. The molecule has 2 aliphatic heterocycles. The predicted octanol–water partition coefficient (Wildman–Crippen LogP) is 4.70. The highest BCUT2D eigenvalue weighted by Gasteiger charge is 2.66. The zero-order valence-corrected chi connectivity index (χ0v) is 34.4. The highest BCUT2D eigenvalue weighted by molar-refractivity contribution is 7.92. The molecule has 4 aliphatic rings. The van der Waals surface area contributed by atoms with Crippen LogP contribution in [0.15, 0.2) is 97.3 Å². The maximum absolute atomic E-state index is 12.6. The summed E-state index contributed by atoms with van der Waals surface area (Å²) in [6, 6.07) is 26.7. The monoisotopic (exact) mass is 816 g/mol. The molecule has 2 saturated carbocycles. The van der Waals surface area contributed by atoms with Gasteiger partial charge < -0.3 is 15.3 Å². The topological polar surface area (TPSA) is 188 Å². The van der Waals surface area contributed by atoms with Crippen molar-refractivity contribution in [2.75, 3.05) is 48.1 Å². The number of benzene rings is 2. The summed E-state index contributed by atoms with van der Waals surface area (Å²) in [6.07, 6.45) is 7.56. The van der Waals surface area contributed by atoms with Crippen LogP contribution in [0.5, 0.6) is 0 Å². The number of piperidine rings is 2. The first-order chi connectivity index (χ1) is 27.0. The fraction of sp³-hybridized carbons (Fsp3) is 0.429. The SMILES string of the molecule is CC1(c2cccc(NS(C)(=O)=O)c2)C2CN(C(=O)CCc3ccccn3)CC21.CC1(c2cccc(NS(C)(=O)=O)c2)C2CNCC21.O=C(O)CCc1ccccn1. The van der Waals surface area contributed by atoms with Crippen molar-refractivity contribution < 1.29 is 31.5 Å². The summed E-state index contributed by atoms with van der Waals surface area (Å²) >= 11 is 0. The van der Waals surface area contributed by atoms with Gasteiger partial charge in [0.25, 0.3) is 0 Å². The molecule has 57 heavy (non-hydrogen) atoms. The first-order valence-corrected chi connectivity index (χ1v) is 22.9. The van der Waals surface area contributed by atoms with Gasteiger partial charge in [0, 0.05) is 71.9 Å². The summed E-state index contributed by atoms with van der Waals surface area (Å²) in [7, 11) is -6.49. The minimum absolute atomic E-state index is 0.00690. The third kappa shape index (κ3) is 10.4. The van der Waals surface area contributed by atoms with Crippen molar-refractivity contribution in [3.63, 3.8) is 0 Å². The molecule has 4 N–H and O–H groups in total. The number of nitrogens with one attached hydrogen (secondary N) is 3. The minimum Gasteiger partial charge on any atom is -0.481 e. The first-order valence-electron chi connectivity index (χ1n) is 19.1. The van der Waals surface area contributed by atoms with Gasteiger partial charge in [0.1, 0.15) is 0 Å². The largest absolute Gasteiger partial charge is 0.481 e. The molecule has 0 bridgehead atoms. The van der Waals surface area contributed by atoms with Crippen LogP contribution < -0.4 is 14.8 Å². The van der Waals surface area contributed by atoms with Crippen LogP contribution in [-0.4, -0.2) is 87.4 Å². The van der Waals surface area contributed by atoms with E-state index in [4.69, 9.17) is 5.11 Å². The number of hydrogen-bond donors (Lipinski definition) is 4. The molecule has 2 aromatic heterocycles. The number of sulfonamides is 2. The summed E-state index contributed by atoms with van der Waals surface area (Å²) in [6.45, 7) is 8.19. The van der Waals surface area contributed by atoms with Gasteiger partial charge in [-0.1, -0.05) is 50.2 Å². The third-order valence-electron chi connectivity index (χ3n) is 12.0. The number of aliphatic carboxylic acids is 1. The van der Waals surface area contributed by atoms with Gasteiger partial charge in [0.05, 0.1) is 18.9 Å². The van der Waals surface area contributed by atoms with E-state index < -0.39 is 26.0 Å². The molecular weight excluding hydrogens is 765 g/mol. The zero-order valence-electron chi connectivity index (χ0n) is 32.8. The number of likely N-dealkylation sites (tertiary alicyclic amines) is 1. The second-order valence-electron chi connectivity index (χ2n) is 15.9. The normalized spacial score (nSPS) is 25.4. The summed E-state index contributed by atoms with van der Waals surface area (Å²) in [5, 5.41) is 11.7. The van der Waals surface area contributed by atoms with E-state index in [0.29, 0.717) is 54.3 Å². The number of rotatable bonds is 12. The lowest BCUT2D eigenvalue weighted by Gasteiger charge is -2.25. The molecule has 4 fully saturated rings. The molecule has 2 aliphatic carbocycles. The Morgan fingerprint density at radius 1 is 0.702 bits per heavy atom. The van der Waals surface area contributed by atoms with Crippen molar-refractivity contribution in [2.24, 2.45) is 23.7 Å². The van der Waals surface area contributed by atoms with Crippen LogP contribution in [0.1, 0.15) is 49.2 Å². The molecule has 4 heterocycles. The average Bonchev–Trinajstić information content (AvgIpc) is 3.62. The molecule has 4 atom stereocenters. The number of pyridine rings is 2. The molecule has 2 saturated heterocycles. The Labute approximate surface area is 335 Å². The van der Waals surface area contributed by atoms with E-state index in [-0.39, 0.29) is 23.2 Å². The Morgan fingerprint density at radius 2 is 1.16 bits per heavy atom. The van der Waals surface area contributed by atoms with E-state index in [0.717, 1.165) is 49.4 Å². The molecule has 13 nitrogen and oxygen atoms in total. The lowest BCUT2D eigenvalue weighted by atomic mass is 9.92. The number of amides is 1. The lowest BCUT2D eigenvalue weighted by molar-refractivity contribution is -0.137. The first kappa shape index (κ1) is 41.8. The van der Waals surface area contributed by atoms with E-state index >= 15 is 0 Å².